The highest BCUT2D eigenvalue weighted by atomic mass is 16.5. The van der Waals surface area contributed by atoms with Gasteiger partial charge in [-0.15, -0.1) is 0 Å². The number of rotatable bonds is 10. The van der Waals surface area contributed by atoms with Gasteiger partial charge in [-0.3, -0.25) is 0 Å². The number of aliphatic hydroxyl groups excluding tert-OH is 1. The number of aliphatic hydroxyl groups is 1. The van der Waals surface area contributed by atoms with Crippen LogP contribution < -0.4 is 4.74 Å². The van der Waals surface area contributed by atoms with E-state index in [1.807, 2.05) is 30.3 Å². The maximum atomic E-state index is 9.85. The zero-order valence-corrected chi connectivity index (χ0v) is 13.4. The lowest BCUT2D eigenvalue weighted by Crippen LogP contribution is -2.12. The van der Waals surface area contributed by atoms with Gasteiger partial charge in [-0.1, -0.05) is 51.0 Å². The van der Waals surface area contributed by atoms with Crippen molar-refractivity contribution in [2.75, 3.05) is 13.7 Å². The van der Waals surface area contributed by atoms with Gasteiger partial charge in [0.25, 0.3) is 0 Å². The predicted molar refractivity (Wildman–Crippen MR) is 86.5 cm³/mol. The third kappa shape index (κ3) is 7.88. The molecular weight excluding hydrogens is 264 g/mol. The van der Waals surface area contributed by atoms with E-state index in [0.717, 1.165) is 11.3 Å². The lowest BCUT2D eigenvalue weighted by Gasteiger charge is -2.09. The lowest BCUT2D eigenvalue weighted by atomic mass is 10.0. The molecule has 1 aromatic rings. The number of methoxy groups -OCH3 is 1. The molecule has 1 rings (SSSR count). The molecule has 0 radical (unpaired) electrons. The summed E-state index contributed by atoms with van der Waals surface area (Å²) in [6, 6.07) is 7.75. The zero-order chi connectivity index (χ0) is 15.5. The summed E-state index contributed by atoms with van der Waals surface area (Å²) in [5.41, 5.74) is 1.07. The van der Waals surface area contributed by atoms with Gasteiger partial charge in [0.05, 0.1) is 26.4 Å². The molecule has 0 unspecified atom stereocenters. The van der Waals surface area contributed by atoms with Crippen LogP contribution in [0.25, 0.3) is 0 Å². The molecule has 0 heterocycles. The van der Waals surface area contributed by atoms with Crippen LogP contribution in [0.5, 0.6) is 5.75 Å². The maximum absolute atomic E-state index is 9.85. The van der Waals surface area contributed by atoms with Crippen molar-refractivity contribution in [3.63, 3.8) is 0 Å². The van der Waals surface area contributed by atoms with Crippen LogP contribution in [0.1, 0.15) is 38.7 Å². The molecule has 0 spiro atoms. The van der Waals surface area contributed by atoms with Gasteiger partial charge >= 0.3 is 0 Å². The van der Waals surface area contributed by atoms with E-state index in [1.54, 1.807) is 7.11 Å². The van der Waals surface area contributed by atoms with Crippen LogP contribution in [-0.2, 0) is 11.3 Å². The molecule has 2 atom stereocenters. The molecule has 0 saturated heterocycles. The molecule has 3 heteroatoms. The fraction of sp³-hybridized carbons (Fsp3) is 0.556. The summed E-state index contributed by atoms with van der Waals surface area (Å²) in [6.45, 7) is 5.19. The number of unbranched alkanes of at least 4 members (excludes halogenated alkanes) is 1. The van der Waals surface area contributed by atoms with Crippen molar-refractivity contribution < 1.29 is 14.6 Å². The standard InChI is InChI=1S/C18H28O3/c1-4-5-6-15(2)7-10-17(19)14-21-13-16-8-11-18(20-3)12-9-16/h7-12,15,17,19H,4-6,13-14H2,1-3H3/b10-7+/t15-,17-/m1/s1. The van der Waals surface area contributed by atoms with Crippen LogP contribution in [0, 0.1) is 5.92 Å². The highest BCUT2D eigenvalue weighted by Gasteiger charge is 2.02. The molecule has 0 saturated carbocycles. The van der Waals surface area contributed by atoms with E-state index in [2.05, 4.69) is 19.9 Å². The Morgan fingerprint density at radius 3 is 2.52 bits per heavy atom. The molecule has 0 aliphatic rings. The Labute approximate surface area is 128 Å². The summed E-state index contributed by atoms with van der Waals surface area (Å²) in [4.78, 5) is 0. The van der Waals surface area contributed by atoms with Crippen molar-refractivity contribution in [2.24, 2.45) is 5.92 Å². The Morgan fingerprint density at radius 2 is 1.90 bits per heavy atom. The van der Waals surface area contributed by atoms with E-state index in [9.17, 15) is 5.11 Å². The Bertz CT molecular complexity index is 397. The molecule has 0 amide bonds. The van der Waals surface area contributed by atoms with Crippen LogP contribution in [0.4, 0.5) is 0 Å². The summed E-state index contributed by atoms with van der Waals surface area (Å²) >= 11 is 0. The summed E-state index contributed by atoms with van der Waals surface area (Å²) in [5.74, 6) is 1.35. The second-order valence-electron chi connectivity index (χ2n) is 5.43. The van der Waals surface area contributed by atoms with Crippen LogP contribution in [0.15, 0.2) is 36.4 Å². The first-order valence-corrected chi connectivity index (χ1v) is 7.72. The number of hydrogen-bond donors (Lipinski definition) is 1. The van der Waals surface area contributed by atoms with E-state index in [1.165, 1.54) is 19.3 Å². The van der Waals surface area contributed by atoms with Crippen LogP contribution >= 0.6 is 0 Å². The van der Waals surface area contributed by atoms with Gasteiger partial charge in [-0.25, -0.2) is 0 Å². The number of benzene rings is 1. The Hall–Kier alpha value is -1.32. The minimum absolute atomic E-state index is 0.322. The first-order chi connectivity index (χ1) is 10.2. The molecule has 0 fully saturated rings. The molecular formula is C18H28O3. The van der Waals surface area contributed by atoms with Crippen LogP contribution in [-0.4, -0.2) is 24.9 Å². The second-order valence-corrected chi connectivity index (χ2v) is 5.43. The summed E-state index contributed by atoms with van der Waals surface area (Å²) in [5, 5.41) is 9.85. The molecule has 0 aliphatic carbocycles. The molecule has 21 heavy (non-hydrogen) atoms. The molecule has 118 valence electrons. The first-order valence-electron chi connectivity index (χ1n) is 7.72. The van der Waals surface area contributed by atoms with Gasteiger partial charge in [-0.05, 0) is 30.0 Å². The smallest absolute Gasteiger partial charge is 0.118 e. The number of ether oxygens (including phenoxy) is 2. The summed E-state index contributed by atoms with van der Waals surface area (Å²) in [7, 11) is 1.65. The van der Waals surface area contributed by atoms with Crippen molar-refractivity contribution in [2.45, 2.75) is 45.8 Å². The molecule has 1 aromatic carbocycles. The normalized spacial score (nSPS) is 14.3. The predicted octanol–water partition coefficient (Wildman–Crippen LogP) is 3.96. The minimum Gasteiger partial charge on any atom is -0.497 e. The van der Waals surface area contributed by atoms with Gasteiger partial charge in [0.2, 0.25) is 0 Å². The Balaban J connectivity index is 2.23. The average Bonchev–Trinajstić information content (AvgIpc) is 2.51. The number of allylic oxidation sites excluding steroid dienone is 1. The lowest BCUT2D eigenvalue weighted by molar-refractivity contribution is 0.0501. The van der Waals surface area contributed by atoms with Crippen molar-refractivity contribution in [3.05, 3.63) is 42.0 Å². The Kier molecular flexibility index (Phi) is 8.79. The molecule has 1 N–H and O–H groups in total. The zero-order valence-electron chi connectivity index (χ0n) is 13.4. The third-order valence-corrected chi connectivity index (χ3v) is 3.39. The molecule has 3 nitrogen and oxygen atoms in total. The van der Waals surface area contributed by atoms with Gasteiger partial charge in [0.15, 0.2) is 0 Å². The molecule has 0 bridgehead atoms. The van der Waals surface area contributed by atoms with E-state index in [4.69, 9.17) is 9.47 Å². The van der Waals surface area contributed by atoms with Crippen molar-refractivity contribution in [1.29, 1.82) is 0 Å². The van der Waals surface area contributed by atoms with Gasteiger partial charge in [0, 0.05) is 0 Å². The fourth-order valence-corrected chi connectivity index (χ4v) is 2.02. The first kappa shape index (κ1) is 17.7. The van der Waals surface area contributed by atoms with Crippen molar-refractivity contribution in [1.82, 2.24) is 0 Å². The SMILES string of the molecule is CCCC[C@@H](C)/C=C/[C@@H](O)COCc1ccc(OC)cc1. The highest BCUT2D eigenvalue weighted by Crippen LogP contribution is 2.12. The summed E-state index contributed by atoms with van der Waals surface area (Å²) < 4.78 is 10.6. The van der Waals surface area contributed by atoms with E-state index >= 15 is 0 Å². The molecule has 0 aliphatic heterocycles. The van der Waals surface area contributed by atoms with Gasteiger partial charge < -0.3 is 14.6 Å². The van der Waals surface area contributed by atoms with Gasteiger partial charge in [0.1, 0.15) is 5.75 Å². The van der Waals surface area contributed by atoms with Crippen molar-refractivity contribution in [3.8, 4) is 5.75 Å². The highest BCUT2D eigenvalue weighted by molar-refractivity contribution is 5.26. The van der Waals surface area contributed by atoms with Crippen LogP contribution in [0.3, 0.4) is 0 Å². The van der Waals surface area contributed by atoms with Crippen LogP contribution in [0.2, 0.25) is 0 Å². The quantitative estimate of drug-likeness (QED) is 0.663. The topological polar surface area (TPSA) is 38.7 Å². The monoisotopic (exact) mass is 292 g/mol. The second kappa shape index (κ2) is 10.4. The Morgan fingerprint density at radius 1 is 1.19 bits per heavy atom. The minimum atomic E-state index is -0.535. The van der Waals surface area contributed by atoms with Crippen molar-refractivity contribution >= 4 is 0 Å². The van der Waals surface area contributed by atoms with E-state index in [0.29, 0.717) is 19.1 Å². The largest absolute Gasteiger partial charge is 0.497 e. The fourth-order valence-electron chi connectivity index (χ4n) is 2.02. The maximum Gasteiger partial charge on any atom is 0.118 e. The summed E-state index contributed by atoms with van der Waals surface area (Å²) in [6.07, 6.45) is 7.01. The molecule has 0 aromatic heterocycles. The third-order valence-electron chi connectivity index (χ3n) is 3.39. The number of hydrogen-bond acceptors (Lipinski definition) is 3. The average molecular weight is 292 g/mol. The van der Waals surface area contributed by atoms with E-state index in [-0.39, 0.29) is 0 Å². The van der Waals surface area contributed by atoms with E-state index < -0.39 is 6.10 Å². The van der Waals surface area contributed by atoms with Gasteiger partial charge in [-0.2, -0.15) is 0 Å².